The van der Waals surface area contributed by atoms with E-state index in [0.29, 0.717) is 11.4 Å². The summed E-state index contributed by atoms with van der Waals surface area (Å²) in [6, 6.07) is 30.0. The Labute approximate surface area is 188 Å². The Balaban J connectivity index is 2.09. The van der Waals surface area contributed by atoms with Crippen LogP contribution < -0.4 is 15.9 Å². The Hall–Kier alpha value is -3.49. The second-order valence-corrected chi connectivity index (χ2v) is 11.5. The van der Waals surface area contributed by atoms with E-state index in [9.17, 15) is 0 Å². The second-order valence-electron chi connectivity index (χ2n) is 7.15. The van der Waals surface area contributed by atoms with Gasteiger partial charge < -0.3 is 0 Å². The van der Waals surface area contributed by atoms with Gasteiger partial charge in [-0.05, 0) is 21.7 Å². The third-order valence-electron chi connectivity index (χ3n) is 5.35. The van der Waals surface area contributed by atoms with E-state index in [1.807, 2.05) is 73.7 Å². The zero-order valence-electron chi connectivity index (χ0n) is 17.0. The van der Waals surface area contributed by atoms with Gasteiger partial charge in [-0.1, -0.05) is 121 Å². The molecule has 0 aliphatic carbocycles. The number of aryl methyl sites for hydroxylation is 1. The van der Waals surface area contributed by atoms with Gasteiger partial charge in [0.15, 0.2) is 5.69 Å². The summed E-state index contributed by atoms with van der Waals surface area (Å²) in [5.74, 6) is 0. The predicted octanol–water partition coefficient (Wildman–Crippen LogP) is 6.52. The highest BCUT2D eigenvalue weighted by atomic mass is 32.4. The van der Waals surface area contributed by atoms with Gasteiger partial charge in [0, 0.05) is 11.3 Å². The summed E-state index contributed by atoms with van der Waals surface area (Å²) in [7, 11) is 0. The zero-order chi connectivity index (χ0) is 21.8. The molecule has 0 aliphatic heterocycles. The summed E-state index contributed by atoms with van der Waals surface area (Å²) in [6.45, 7) is 17.3. The lowest BCUT2D eigenvalue weighted by atomic mass is 10.00. The molecule has 0 fully saturated rings. The molecule has 0 unspecified atom stereocenters. The average Bonchev–Trinajstić information content (AvgIpc) is 2.84. The second kappa shape index (κ2) is 8.71. The van der Waals surface area contributed by atoms with Crippen molar-refractivity contribution in [2.75, 3.05) is 0 Å². The minimum absolute atomic E-state index is 0.394. The van der Waals surface area contributed by atoms with Crippen molar-refractivity contribution in [2.24, 2.45) is 0 Å². The average molecular weight is 435 g/mol. The Kier molecular flexibility index (Phi) is 5.83. The van der Waals surface area contributed by atoms with E-state index in [4.69, 9.17) is 25.0 Å². The first kappa shape index (κ1) is 20.8. The van der Waals surface area contributed by atoms with Crippen LogP contribution in [0.5, 0.6) is 0 Å². The van der Waals surface area contributed by atoms with Gasteiger partial charge in [0.25, 0.3) is 0 Å². The Morgan fingerprint density at radius 1 is 0.613 bits per heavy atom. The Morgan fingerprint density at radius 3 is 1.68 bits per heavy atom. The van der Waals surface area contributed by atoms with E-state index in [0.717, 1.165) is 32.6 Å². The third kappa shape index (κ3) is 3.60. The molecule has 4 rings (SSSR count). The molecule has 2 nitrogen and oxygen atoms in total. The highest BCUT2D eigenvalue weighted by Gasteiger charge is 2.28. The largest absolute Gasteiger partial charge is 0.250 e. The van der Waals surface area contributed by atoms with Crippen LogP contribution in [0.2, 0.25) is 0 Å². The highest BCUT2D eigenvalue weighted by Crippen LogP contribution is 2.48. The SMILES string of the molecule is [C-]#[N+]c1c(C)ccc(-c2ccccc2P(=S)(c2ccccc2)c2ccccc2)c1[N+]#[C-]. The van der Waals surface area contributed by atoms with E-state index in [-0.39, 0.29) is 0 Å². The molecule has 0 N–H and O–H groups in total. The summed E-state index contributed by atoms with van der Waals surface area (Å²) in [5.41, 5.74) is 3.31. The zero-order valence-corrected chi connectivity index (χ0v) is 18.7. The lowest BCUT2D eigenvalue weighted by molar-refractivity contribution is 1.49. The summed E-state index contributed by atoms with van der Waals surface area (Å²) >= 11 is 6.53. The van der Waals surface area contributed by atoms with Gasteiger partial charge >= 0.3 is 0 Å². The molecule has 0 atom stereocenters. The molecule has 4 aromatic carbocycles. The van der Waals surface area contributed by atoms with Gasteiger partial charge in [-0.25, -0.2) is 9.69 Å². The van der Waals surface area contributed by atoms with Crippen molar-refractivity contribution >= 4 is 45.1 Å². The topological polar surface area (TPSA) is 8.72 Å². The summed E-state index contributed by atoms with van der Waals surface area (Å²) in [5, 5.41) is 3.24. The molecule has 4 aromatic rings. The van der Waals surface area contributed by atoms with Crippen LogP contribution in [0.15, 0.2) is 97.1 Å². The molecular formula is C27H19N2PS. The maximum absolute atomic E-state index is 7.79. The highest BCUT2D eigenvalue weighted by molar-refractivity contribution is 8.25. The molecule has 148 valence electrons. The van der Waals surface area contributed by atoms with Gasteiger partial charge in [-0.3, -0.25) is 0 Å². The maximum atomic E-state index is 7.79. The normalized spacial score (nSPS) is 10.8. The van der Waals surface area contributed by atoms with Gasteiger partial charge in [-0.2, -0.15) is 0 Å². The van der Waals surface area contributed by atoms with Crippen molar-refractivity contribution < 1.29 is 0 Å². The first-order valence-corrected chi connectivity index (χ1v) is 12.6. The fourth-order valence-corrected chi connectivity index (χ4v) is 7.91. The fraction of sp³-hybridized carbons (Fsp3) is 0.0370. The van der Waals surface area contributed by atoms with Crippen LogP contribution in [0.3, 0.4) is 0 Å². The summed E-state index contributed by atoms with van der Waals surface area (Å²) < 4.78 is 0. The lowest BCUT2D eigenvalue weighted by Gasteiger charge is -2.27. The fourth-order valence-electron chi connectivity index (χ4n) is 3.83. The van der Waals surface area contributed by atoms with Crippen molar-refractivity contribution in [3.8, 4) is 11.1 Å². The molecule has 0 saturated heterocycles. The smallest absolute Gasteiger partial charge is 0.202 e. The Morgan fingerprint density at radius 2 is 1.13 bits per heavy atom. The van der Waals surface area contributed by atoms with Crippen LogP contribution in [0.1, 0.15) is 5.56 Å². The van der Waals surface area contributed by atoms with Gasteiger partial charge in [-0.15, -0.1) is 0 Å². The molecule has 0 saturated carbocycles. The Bertz CT molecular complexity index is 1340. The first-order chi connectivity index (χ1) is 15.1. The van der Waals surface area contributed by atoms with Gasteiger partial charge in [0.1, 0.15) is 0 Å². The number of benzene rings is 4. The molecule has 31 heavy (non-hydrogen) atoms. The van der Waals surface area contributed by atoms with E-state index >= 15 is 0 Å². The van der Waals surface area contributed by atoms with Crippen LogP contribution in [-0.2, 0) is 11.8 Å². The molecule has 0 bridgehead atoms. The van der Waals surface area contributed by atoms with Gasteiger partial charge in [0.2, 0.25) is 5.69 Å². The van der Waals surface area contributed by atoms with Crippen molar-refractivity contribution in [3.63, 3.8) is 0 Å². The van der Waals surface area contributed by atoms with Crippen molar-refractivity contribution in [1.82, 2.24) is 0 Å². The van der Waals surface area contributed by atoms with Crippen LogP contribution in [0.4, 0.5) is 11.4 Å². The molecule has 0 amide bonds. The lowest BCUT2D eigenvalue weighted by Crippen LogP contribution is -2.26. The van der Waals surface area contributed by atoms with Crippen LogP contribution >= 0.6 is 6.04 Å². The van der Waals surface area contributed by atoms with Crippen LogP contribution in [-0.4, -0.2) is 0 Å². The standard InChI is InChI=1S/C27H19N2PS/c1-20-18-19-24(27(29-3)26(20)28-2)23-16-10-11-17-25(23)30(31,21-12-6-4-7-13-21)22-14-8-5-9-15-22/h4-19H,1H3. The van der Waals surface area contributed by atoms with E-state index in [2.05, 4.69) is 40.0 Å². The number of hydrogen-bond donors (Lipinski definition) is 0. The third-order valence-corrected chi connectivity index (χ3v) is 10.3. The molecule has 0 spiro atoms. The minimum Gasteiger partial charge on any atom is -0.250 e. The van der Waals surface area contributed by atoms with Crippen LogP contribution in [0, 0.1) is 20.1 Å². The van der Waals surface area contributed by atoms with Crippen molar-refractivity contribution in [1.29, 1.82) is 0 Å². The summed E-state index contributed by atoms with van der Waals surface area (Å²) in [4.78, 5) is 7.42. The summed E-state index contributed by atoms with van der Waals surface area (Å²) in [6.07, 6.45) is 0. The minimum atomic E-state index is -2.39. The molecule has 0 heterocycles. The quantitative estimate of drug-likeness (QED) is 0.262. The molecule has 0 aliphatic rings. The number of hydrogen-bond acceptors (Lipinski definition) is 1. The van der Waals surface area contributed by atoms with E-state index < -0.39 is 6.04 Å². The monoisotopic (exact) mass is 434 g/mol. The van der Waals surface area contributed by atoms with Gasteiger partial charge in [0.05, 0.1) is 13.1 Å². The van der Waals surface area contributed by atoms with Crippen LogP contribution in [0.25, 0.3) is 20.8 Å². The number of nitrogens with zero attached hydrogens (tertiary/aromatic N) is 2. The predicted molar refractivity (Wildman–Crippen MR) is 135 cm³/mol. The molecular weight excluding hydrogens is 415 g/mol. The molecule has 4 heteroatoms. The van der Waals surface area contributed by atoms with E-state index in [1.165, 1.54) is 0 Å². The van der Waals surface area contributed by atoms with E-state index in [1.54, 1.807) is 0 Å². The molecule has 0 radical (unpaired) electrons. The number of rotatable bonds is 4. The van der Waals surface area contributed by atoms with Crippen molar-refractivity contribution in [2.45, 2.75) is 6.92 Å². The van der Waals surface area contributed by atoms with Crippen molar-refractivity contribution in [3.05, 3.63) is 125 Å². The first-order valence-electron chi connectivity index (χ1n) is 9.81. The molecule has 0 aromatic heterocycles. The maximum Gasteiger partial charge on any atom is 0.202 e.